The van der Waals surface area contributed by atoms with Crippen LogP contribution >= 0.6 is 0 Å². The van der Waals surface area contributed by atoms with Gasteiger partial charge in [0.05, 0.1) is 17.9 Å². The fraction of sp³-hybridized carbons (Fsp3) is 0.500. The van der Waals surface area contributed by atoms with E-state index in [1.807, 2.05) is 51.1 Å². The molecule has 3 rings (SSSR count). The molecule has 4 nitrogen and oxygen atoms in total. The Morgan fingerprint density at radius 3 is 2.21 bits per heavy atom. The zero-order valence-electron chi connectivity index (χ0n) is 14.5. The molecule has 2 aliphatic rings. The van der Waals surface area contributed by atoms with Crippen LogP contribution in [0.2, 0.25) is 0 Å². The average molecular weight is 327 g/mol. The molecule has 0 unspecified atom stereocenters. The molecule has 24 heavy (non-hydrogen) atoms. The molecule has 2 N–H and O–H groups in total. The number of amides is 1. The Balaban J connectivity index is 1.83. The van der Waals surface area contributed by atoms with Crippen molar-refractivity contribution >= 4 is 11.9 Å². The van der Waals surface area contributed by atoms with Crippen LogP contribution in [-0.4, -0.2) is 17.0 Å². The summed E-state index contributed by atoms with van der Waals surface area (Å²) in [5, 5.41) is 12.7. The highest BCUT2D eigenvalue weighted by Crippen LogP contribution is 2.57. The summed E-state index contributed by atoms with van der Waals surface area (Å²) in [6.45, 7) is 6.01. The Bertz CT molecular complexity index is 675. The van der Waals surface area contributed by atoms with Crippen molar-refractivity contribution in [2.75, 3.05) is 0 Å². The van der Waals surface area contributed by atoms with Crippen LogP contribution < -0.4 is 5.32 Å². The van der Waals surface area contributed by atoms with Gasteiger partial charge in [-0.2, -0.15) is 0 Å². The Hall–Kier alpha value is -2.10. The molecule has 0 aromatic heterocycles. The summed E-state index contributed by atoms with van der Waals surface area (Å²) in [6.07, 6.45) is 1.81. The number of carboxylic acids is 1. The van der Waals surface area contributed by atoms with Crippen molar-refractivity contribution in [1.29, 1.82) is 0 Å². The van der Waals surface area contributed by atoms with Gasteiger partial charge >= 0.3 is 5.97 Å². The first kappa shape index (κ1) is 16.7. The number of carbonyl (C=O) groups excluding carboxylic acids is 1. The minimum absolute atomic E-state index is 0.0280. The maximum absolute atomic E-state index is 12.9. The number of nitrogens with one attached hydrogen (secondary N) is 1. The van der Waals surface area contributed by atoms with Crippen molar-refractivity contribution in [3.63, 3.8) is 0 Å². The van der Waals surface area contributed by atoms with Crippen LogP contribution in [-0.2, 0) is 9.59 Å². The Morgan fingerprint density at radius 1 is 1.08 bits per heavy atom. The highest BCUT2D eigenvalue weighted by atomic mass is 16.4. The van der Waals surface area contributed by atoms with Gasteiger partial charge in [0.15, 0.2) is 0 Å². The fourth-order valence-electron chi connectivity index (χ4n) is 4.74. The summed E-state index contributed by atoms with van der Waals surface area (Å²) in [5.41, 5.74) is 3.43. The average Bonchev–Trinajstić information content (AvgIpc) is 3.11. The number of fused-ring (bicyclic) bond motifs is 2. The van der Waals surface area contributed by atoms with Crippen molar-refractivity contribution in [1.82, 2.24) is 5.32 Å². The number of allylic oxidation sites excluding steroid dienone is 2. The van der Waals surface area contributed by atoms with Crippen molar-refractivity contribution < 1.29 is 14.7 Å². The van der Waals surface area contributed by atoms with Gasteiger partial charge in [-0.05, 0) is 51.0 Å². The summed E-state index contributed by atoms with van der Waals surface area (Å²) in [5.74, 6) is -1.88. The largest absolute Gasteiger partial charge is 0.481 e. The highest BCUT2D eigenvalue weighted by Gasteiger charge is 2.57. The number of carboxylic acid groups (broad SMARTS) is 1. The van der Waals surface area contributed by atoms with Gasteiger partial charge in [-0.1, -0.05) is 41.5 Å². The van der Waals surface area contributed by atoms with E-state index in [2.05, 4.69) is 5.32 Å². The lowest BCUT2D eigenvalue weighted by molar-refractivity contribution is -0.149. The van der Waals surface area contributed by atoms with Gasteiger partial charge in [-0.25, -0.2) is 0 Å². The molecule has 2 saturated carbocycles. The topological polar surface area (TPSA) is 66.4 Å². The monoisotopic (exact) mass is 327 g/mol. The van der Waals surface area contributed by atoms with Crippen LogP contribution in [0.4, 0.5) is 0 Å². The molecule has 4 heteroatoms. The second-order valence-electron chi connectivity index (χ2n) is 7.28. The maximum atomic E-state index is 12.9. The molecule has 0 spiro atoms. The second-order valence-corrected chi connectivity index (χ2v) is 7.28. The molecule has 0 heterocycles. The molecule has 0 saturated heterocycles. The third kappa shape index (κ3) is 2.74. The van der Waals surface area contributed by atoms with Gasteiger partial charge in [-0.3, -0.25) is 9.59 Å². The predicted molar refractivity (Wildman–Crippen MR) is 92.2 cm³/mol. The number of aliphatic carboxylic acids is 1. The van der Waals surface area contributed by atoms with Crippen LogP contribution in [0.5, 0.6) is 0 Å². The van der Waals surface area contributed by atoms with E-state index in [1.54, 1.807) is 0 Å². The lowest BCUT2D eigenvalue weighted by atomic mass is 9.78. The molecule has 128 valence electrons. The first-order chi connectivity index (χ1) is 11.4. The third-order valence-corrected chi connectivity index (χ3v) is 5.67. The third-order valence-electron chi connectivity index (χ3n) is 5.67. The zero-order valence-corrected chi connectivity index (χ0v) is 14.5. The predicted octanol–water partition coefficient (Wildman–Crippen LogP) is 3.56. The minimum Gasteiger partial charge on any atom is -0.481 e. The summed E-state index contributed by atoms with van der Waals surface area (Å²) in [7, 11) is 0. The molecule has 0 radical (unpaired) electrons. The molecule has 2 fully saturated rings. The molecule has 2 bridgehead atoms. The second kappa shape index (κ2) is 6.42. The quantitative estimate of drug-likeness (QED) is 0.831. The fourth-order valence-corrected chi connectivity index (χ4v) is 4.74. The first-order valence-corrected chi connectivity index (χ1v) is 8.67. The summed E-state index contributed by atoms with van der Waals surface area (Å²) < 4.78 is 0. The highest BCUT2D eigenvalue weighted by molar-refractivity contribution is 5.87. The zero-order chi connectivity index (χ0) is 17.4. The van der Waals surface area contributed by atoms with E-state index in [0.29, 0.717) is 0 Å². The molecule has 5 atom stereocenters. The Labute approximate surface area is 143 Å². The number of carbonyl (C=O) groups is 2. The number of benzene rings is 1. The van der Waals surface area contributed by atoms with Crippen LogP contribution in [0.3, 0.4) is 0 Å². The van der Waals surface area contributed by atoms with E-state index in [0.717, 1.165) is 18.4 Å². The van der Waals surface area contributed by atoms with Crippen LogP contribution in [0.1, 0.15) is 45.2 Å². The normalized spacial score (nSPS) is 29.4. The van der Waals surface area contributed by atoms with Crippen LogP contribution in [0, 0.1) is 23.7 Å². The minimum atomic E-state index is -0.839. The number of rotatable bonds is 4. The van der Waals surface area contributed by atoms with Crippen molar-refractivity contribution in [2.24, 2.45) is 23.7 Å². The molecule has 1 aromatic rings. The van der Waals surface area contributed by atoms with Crippen LogP contribution in [0.15, 0.2) is 41.5 Å². The van der Waals surface area contributed by atoms with Gasteiger partial charge in [-0.15, -0.1) is 0 Å². The lowest BCUT2D eigenvalue weighted by Crippen LogP contribution is -2.42. The summed E-state index contributed by atoms with van der Waals surface area (Å²) in [6, 6.07) is 9.65. The van der Waals surface area contributed by atoms with E-state index in [-0.39, 0.29) is 23.8 Å². The first-order valence-electron chi connectivity index (χ1n) is 8.67. The van der Waals surface area contributed by atoms with E-state index in [4.69, 9.17) is 0 Å². The molecular formula is C20H25NO3. The van der Waals surface area contributed by atoms with E-state index < -0.39 is 17.8 Å². The van der Waals surface area contributed by atoms with Gasteiger partial charge in [0.25, 0.3) is 0 Å². The summed E-state index contributed by atoms with van der Waals surface area (Å²) >= 11 is 0. The van der Waals surface area contributed by atoms with Crippen molar-refractivity contribution in [2.45, 2.75) is 39.7 Å². The number of hydrogen-bond donors (Lipinski definition) is 2. The summed E-state index contributed by atoms with van der Waals surface area (Å²) in [4.78, 5) is 24.7. The molecule has 0 aliphatic heterocycles. The maximum Gasteiger partial charge on any atom is 0.307 e. The van der Waals surface area contributed by atoms with E-state index in [9.17, 15) is 14.7 Å². The van der Waals surface area contributed by atoms with Gasteiger partial charge in [0.1, 0.15) is 0 Å². The van der Waals surface area contributed by atoms with Gasteiger partial charge in [0.2, 0.25) is 5.91 Å². The van der Waals surface area contributed by atoms with E-state index in [1.165, 1.54) is 11.1 Å². The SMILES string of the molecule is CC(C)=C1[C@H]2CC[C@H]1[C@@H](C(=O)N[C@@H](C)c1ccccc1)[C@H]2C(=O)O. The standard InChI is InChI=1S/C20H25NO3/c1-11(2)16-14-9-10-15(16)18(20(23)24)17(14)19(22)21-12(3)13-7-5-4-6-8-13/h4-8,12,14-15,17-18H,9-10H2,1-3H3,(H,21,22)(H,23,24)/t12-,14+,15+,17+,18-/m0/s1. The Kier molecular flexibility index (Phi) is 4.48. The smallest absolute Gasteiger partial charge is 0.307 e. The van der Waals surface area contributed by atoms with E-state index >= 15 is 0 Å². The molecule has 2 aliphatic carbocycles. The van der Waals surface area contributed by atoms with Crippen molar-refractivity contribution in [3.05, 3.63) is 47.0 Å². The Morgan fingerprint density at radius 2 is 1.67 bits per heavy atom. The molecular weight excluding hydrogens is 302 g/mol. The molecule has 1 aromatic carbocycles. The molecule has 1 amide bonds. The van der Waals surface area contributed by atoms with Gasteiger partial charge < -0.3 is 10.4 Å². The number of hydrogen-bond acceptors (Lipinski definition) is 2. The lowest BCUT2D eigenvalue weighted by Gasteiger charge is -2.28. The van der Waals surface area contributed by atoms with Crippen molar-refractivity contribution in [3.8, 4) is 0 Å². The van der Waals surface area contributed by atoms with Crippen LogP contribution in [0.25, 0.3) is 0 Å². The van der Waals surface area contributed by atoms with Gasteiger partial charge in [0, 0.05) is 0 Å².